The molecule has 1 aliphatic carbocycles. The Morgan fingerprint density at radius 3 is 2.95 bits per heavy atom. The molecule has 0 saturated heterocycles. The fourth-order valence-electron chi connectivity index (χ4n) is 4.15. The highest BCUT2D eigenvalue weighted by Crippen LogP contribution is 2.40. The Morgan fingerprint density at radius 1 is 1.32 bits per heavy atom. The normalized spacial score (nSPS) is 19.3. The van der Waals surface area contributed by atoms with E-state index in [4.69, 9.17) is 0 Å². The van der Waals surface area contributed by atoms with E-state index in [2.05, 4.69) is 59.6 Å². The molecule has 2 aromatic rings. The van der Waals surface area contributed by atoms with Crippen LogP contribution in [0.25, 0.3) is 10.9 Å². The summed E-state index contributed by atoms with van der Waals surface area (Å²) in [4.78, 5) is 3.78. The summed E-state index contributed by atoms with van der Waals surface area (Å²) in [5.41, 5.74) is 4.53. The van der Waals surface area contributed by atoms with Crippen LogP contribution in [0, 0.1) is 9.49 Å². The molecule has 0 spiro atoms. The quantitative estimate of drug-likeness (QED) is 0.505. The molecule has 1 nitrogen and oxygen atoms in total. The van der Waals surface area contributed by atoms with Gasteiger partial charge in [-0.15, -0.1) is 0 Å². The van der Waals surface area contributed by atoms with Gasteiger partial charge in [0, 0.05) is 20.2 Å². The molecular weight excluding hydrogens is 381 g/mol. The summed E-state index contributed by atoms with van der Waals surface area (Å²) in [6, 6.07) is 6.85. The first kappa shape index (κ1) is 16.4. The number of unbranched alkanes of at least 4 members (excludes halogenated alkanes) is 1. The van der Waals surface area contributed by atoms with Gasteiger partial charge in [-0.3, -0.25) is 0 Å². The fraction of sp³-hybridized carbons (Fsp3) is 0.600. The van der Waals surface area contributed by atoms with Gasteiger partial charge in [-0.1, -0.05) is 39.5 Å². The highest BCUT2D eigenvalue weighted by Gasteiger charge is 2.26. The van der Waals surface area contributed by atoms with Gasteiger partial charge in [0.15, 0.2) is 0 Å². The first-order valence-electron chi connectivity index (χ1n) is 9.02. The van der Waals surface area contributed by atoms with E-state index in [0.717, 1.165) is 11.8 Å². The Bertz CT molecular complexity index is 628. The molecule has 1 aromatic heterocycles. The van der Waals surface area contributed by atoms with Crippen LogP contribution in [0.2, 0.25) is 0 Å². The van der Waals surface area contributed by atoms with Crippen LogP contribution in [0.5, 0.6) is 0 Å². The molecule has 22 heavy (non-hydrogen) atoms. The number of aromatic amines is 1. The molecule has 3 rings (SSSR count). The van der Waals surface area contributed by atoms with Gasteiger partial charge in [-0.2, -0.15) is 0 Å². The van der Waals surface area contributed by atoms with Crippen LogP contribution in [0.15, 0.2) is 18.2 Å². The third-order valence-electron chi connectivity index (χ3n) is 5.45. The predicted molar refractivity (Wildman–Crippen MR) is 105 cm³/mol. The number of benzene rings is 1. The van der Waals surface area contributed by atoms with Gasteiger partial charge >= 0.3 is 0 Å². The lowest BCUT2D eigenvalue weighted by Gasteiger charge is -2.26. The fourth-order valence-corrected chi connectivity index (χ4v) is 4.64. The van der Waals surface area contributed by atoms with E-state index in [1.807, 2.05) is 0 Å². The number of rotatable bonds is 6. The average Bonchev–Trinajstić information content (AvgIpc) is 2.90. The molecule has 2 heteroatoms. The Kier molecular flexibility index (Phi) is 5.48. The predicted octanol–water partition coefficient (Wildman–Crippen LogP) is 6.80. The molecule has 1 aromatic carbocycles. The van der Waals surface area contributed by atoms with E-state index in [-0.39, 0.29) is 0 Å². The first-order chi connectivity index (χ1) is 10.7. The Balaban J connectivity index is 1.86. The van der Waals surface area contributed by atoms with Crippen molar-refractivity contribution >= 4 is 33.5 Å². The van der Waals surface area contributed by atoms with Gasteiger partial charge in [-0.05, 0) is 83.9 Å². The SMILES string of the molecule is CCCCC(CC)CC1CCCc2c1[nH]c1ccc(I)cc21. The Morgan fingerprint density at radius 2 is 2.18 bits per heavy atom. The maximum atomic E-state index is 3.78. The largest absolute Gasteiger partial charge is 0.358 e. The maximum Gasteiger partial charge on any atom is 0.0459 e. The van der Waals surface area contributed by atoms with E-state index >= 15 is 0 Å². The number of fused-ring (bicyclic) bond motifs is 3. The zero-order valence-corrected chi connectivity index (χ0v) is 16.1. The number of aromatic nitrogens is 1. The molecule has 1 aliphatic rings. The van der Waals surface area contributed by atoms with Crippen LogP contribution >= 0.6 is 22.6 Å². The lowest BCUT2D eigenvalue weighted by molar-refractivity contribution is 0.361. The van der Waals surface area contributed by atoms with Crippen LogP contribution in [-0.2, 0) is 6.42 Å². The minimum absolute atomic E-state index is 0.760. The number of aryl methyl sites for hydroxylation is 1. The highest BCUT2D eigenvalue weighted by molar-refractivity contribution is 14.1. The molecule has 0 aliphatic heterocycles. The van der Waals surface area contributed by atoms with Crippen LogP contribution in [0.1, 0.15) is 76.0 Å². The van der Waals surface area contributed by atoms with Crippen molar-refractivity contribution in [3.8, 4) is 0 Å². The van der Waals surface area contributed by atoms with Gasteiger partial charge in [0.05, 0.1) is 0 Å². The molecule has 0 amide bonds. The Hall–Kier alpha value is -0.510. The summed E-state index contributed by atoms with van der Waals surface area (Å²) >= 11 is 2.43. The molecular formula is C20H28IN. The number of H-pyrrole nitrogens is 1. The zero-order valence-electron chi connectivity index (χ0n) is 13.9. The summed E-state index contributed by atoms with van der Waals surface area (Å²) in [6.07, 6.45) is 10.9. The minimum atomic E-state index is 0.760. The van der Waals surface area contributed by atoms with Gasteiger partial charge < -0.3 is 4.98 Å². The maximum absolute atomic E-state index is 3.78. The van der Waals surface area contributed by atoms with Crippen molar-refractivity contribution in [2.75, 3.05) is 0 Å². The highest BCUT2D eigenvalue weighted by atomic mass is 127. The van der Waals surface area contributed by atoms with Crippen molar-refractivity contribution in [2.45, 2.75) is 71.1 Å². The number of hydrogen-bond acceptors (Lipinski definition) is 0. The van der Waals surface area contributed by atoms with Gasteiger partial charge in [0.2, 0.25) is 0 Å². The van der Waals surface area contributed by atoms with E-state index in [1.165, 1.54) is 65.8 Å². The second kappa shape index (κ2) is 7.37. The van der Waals surface area contributed by atoms with E-state index < -0.39 is 0 Å². The second-order valence-electron chi connectivity index (χ2n) is 6.95. The zero-order chi connectivity index (χ0) is 15.5. The summed E-state index contributed by atoms with van der Waals surface area (Å²) in [5.74, 6) is 1.66. The molecule has 0 bridgehead atoms. The minimum Gasteiger partial charge on any atom is -0.358 e. The number of nitrogens with one attached hydrogen (secondary N) is 1. The van der Waals surface area contributed by atoms with Crippen molar-refractivity contribution in [2.24, 2.45) is 5.92 Å². The van der Waals surface area contributed by atoms with E-state index in [9.17, 15) is 0 Å². The third-order valence-corrected chi connectivity index (χ3v) is 6.12. The molecule has 0 saturated carbocycles. The van der Waals surface area contributed by atoms with Crippen molar-refractivity contribution in [3.05, 3.63) is 33.0 Å². The number of hydrogen-bond donors (Lipinski definition) is 1. The molecule has 120 valence electrons. The van der Waals surface area contributed by atoms with Gasteiger partial charge in [0.1, 0.15) is 0 Å². The summed E-state index contributed by atoms with van der Waals surface area (Å²) < 4.78 is 1.35. The topological polar surface area (TPSA) is 15.8 Å². The lowest BCUT2D eigenvalue weighted by Crippen LogP contribution is -2.13. The standard InChI is InChI=1S/C20H28IN/c1-3-5-7-14(4-2)12-15-8-6-9-17-18-13-16(21)10-11-19(18)22-20(15)17/h10-11,13-15,22H,3-9,12H2,1-2H3. The van der Waals surface area contributed by atoms with Crippen LogP contribution in [0.4, 0.5) is 0 Å². The second-order valence-corrected chi connectivity index (χ2v) is 8.19. The molecule has 1 N–H and O–H groups in total. The van der Waals surface area contributed by atoms with Crippen LogP contribution in [0.3, 0.4) is 0 Å². The molecule has 0 radical (unpaired) electrons. The molecule has 2 atom stereocenters. The van der Waals surface area contributed by atoms with Gasteiger partial charge in [0.25, 0.3) is 0 Å². The van der Waals surface area contributed by atoms with Crippen LogP contribution < -0.4 is 0 Å². The van der Waals surface area contributed by atoms with E-state index in [0.29, 0.717) is 0 Å². The number of halogens is 1. The average molecular weight is 409 g/mol. The van der Waals surface area contributed by atoms with Gasteiger partial charge in [-0.25, -0.2) is 0 Å². The Labute approximate surface area is 148 Å². The van der Waals surface area contributed by atoms with E-state index in [1.54, 1.807) is 11.3 Å². The third kappa shape index (κ3) is 3.37. The lowest BCUT2D eigenvalue weighted by atomic mass is 9.79. The summed E-state index contributed by atoms with van der Waals surface area (Å²) in [7, 11) is 0. The molecule has 2 unspecified atom stereocenters. The molecule has 1 heterocycles. The molecule has 0 fully saturated rings. The smallest absolute Gasteiger partial charge is 0.0459 e. The van der Waals surface area contributed by atoms with Crippen molar-refractivity contribution in [1.82, 2.24) is 4.98 Å². The monoisotopic (exact) mass is 409 g/mol. The van der Waals surface area contributed by atoms with Crippen molar-refractivity contribution in [1.29, 1.82) is 0 Å². The van der Waals surface area contributed by atoms with Crippen molar-refractivity contribution < 1.29 is 0 Å². The summed E-state index contributed by atoms with van der Waals surface area (Å²) in [5, 5.41) is 1.48. The van der Waals surface area contributed by atoms with Crippen molar-refractivity contribution in [3.63, 3.8) is 0 Å². The van der Waals surface area contributed by atoms with Crippen LogP contribution in [-0.4, -0.2) is 4.98 Å². The summed E-state index contributed by atoms with van der Waals surface area (Å²) in [6.45, 7) is 4.68. The first-order valence-corrected chi connectivity index (χ1v) is 10.1.